The lowest BCUT2D eigenvalue weighted by Gasteiger charge is -2.16. The van der Waals surface area contributed by atoms with Crippen molar-refractivity contribution in [3.05, 3.63) is 34.3 Å². The van der Waals surface area contributed by atoms with Crippen LogP contribution in [0.1, 0.15) is 18.4 Å². The Labute approximate surface area is 112 Å². The van der Waals surface area contributed by atoms with Crippen LogP contribution in [0.5, 0.6) is 0 Å². The van der Waals surface area contributed by atoms with Gasteiger partial charge in [-0.05, 0) is 42.4 Å². The highest BCUT2D eigenvalue weighted by atomic mass is 79.9. The second-order valence-electron chi connectivity index (χ2n) is 4.97. The van der Waals surface area contributed by atoms with Crippen LogP contribution in [0.4, 0.5) is 0 Å². The molecule has 1 aliphatic carbocycles. The number of hydrogen-bond acceptors (Lipinski definition) is 2. The van der Waals surface area contributed by atoms with E-state index in [1.807, 2.05) is 0 Å². The van der Waals surface area contributed by atoms with Crippen molar-refractivity contribution in [1.82, 2.24) is 5.32 Å². The third-order valence-electron chi connectivity index (χ3n) is 3.43. The Morgan fingerprint density at radius 2 is 2.00 bits per heavy atom. The van der Waals surface area contributed by atoms with Crippen molar-refractivity contribution in [3.63, 3.8) is 0 Å². The summed E-state index contributed by atoms with van der Waals surface area (Å²) in [5, 5.41) is 3.49. The highest BCUT2D eigenvalue weighted by Gasteiger charge is 2.41. The van der Waals surface area contributed by atoms with Crippen molar-refractivity contribution in [2.24, 2.45) is 5.41 Å². The SMILES string of the molecule is COCCNCC1(Cc2ccc(Br)cc2)CC1. The monoisotopic (exact) mass is 297 g/mol. The van der Waals surface area contributed by atoms with Gasteiger partial charge < -0.3 is 10.1 Å². The summed E-state index contributed by atoms with van der Waals surface area (Å²) in [4.78, 5) is 0. The van der Waals surface area contributed by atoms with Crippen molar-refractivity contribution >= 4 is 15.9 Å². The van der Waals surface area contributed by atoms with Gasteiger partial charge in [-0.15, -0.1) is 0 Å². The second kappa shape index (κ2) is 5.98. The molecule has 1 aliphatic rings. The predicted octanol–water partition coefficient (Wildman–Crippen LogP) is 3.01. The smallest absolute Gasteiger partial charge is 0.0587 e. The highest BCUT2D eigenvalue weighted by molar-refractivity contribution is 9.10. The summed E-state index contributed by atoms with van der Waals surface area (Å²) in [5.74, 6) is 0. The first-order chi connectivity index (χ1) is 8.24. The van der Waals surface area contributed by atoms with E-state index in [1.165, 1.54) is 24.8 Å². The van der Waals surface area contributed by atoms with Gasteiger partial charge in [-0.1, -0.05) is 28.1 Å². The Hall–Kier alpha value is -0.380. The standard InChI is InChI=1S/C14H20BrNO/c1-17-9-8-16-11-14(6-7-14)10-12-2-4-13(15)5-3-12/h2-5,16H,6-11H2,1H3. The van der Waals surface area contributed by atoms with E-state index >= 15 is 0 Å². The van der Waals surface area contributed by atoms with Crippen LogP contribution < -0.4 is 5.32 Å². The maximum absolute atomic E-state index is 5.04. The zero-order valence-electron chi connectivity index (χ0n) is 10.3. The van der Waals surface area contributed by atoms with Crippen molar-refractivity contribution in [2.75, 3.05) is 26.8 Å². The lowest BCUT2D eigenvalue weighted by Crippen LogP contribution is -2.28. The first-order valence-electron chi connectivity index (χ1n) is 6.18. The van der Waals surface area contributed by atoms with Gasteiger partial charge in [0.2, 0.25) is 0 Å². The average molecular weight is 298 g/mol. The molecule has 1 aromatic rings. The molecule has 94 valence electrons. The topological polar surface area (TPSA) is 21.3 Å². The fourth-order valence-electron chi connectivity index (χ4n) is 2.16. The molecule has 1 fully saturated rings. The van der Waals surface area contributed by atoms with Crippen LogP contribution in [0.3, 0.4) is 0 Å². The molecular weight excluding hydrogens is 278 g/mol. The molecule has 0 aromatic heterocycles. The average Bonchev–Trinajstić information content (AvgIpc) is 3.08. The van der Waals surface area contributed by atoms with Crippen LogP contribution in [-0.4, -0.2) is 26.8 Å². The minimum atomic E-state index is 0.515. The number of halogens is 1. The van der Waals surface area contributed by atoms with E-state index in [-0.39, 0.29) is 0 Å². The largest absolute Gasteiger partial charge is 0.383 e. The Kier molecular flexibility index (Phi) is 4.60. The number of hydrogen-bond donors (Lipinski definition) is 1. The summed E-state index contributed by atoms with van der Waals surface area (Å²) < 4.78 is 6.20. The minimum absolute atomic E-state index is 0.515. The quantitative estimate of drug-likeness (QED) is 0.781. The molecule has 0 spiro atoms. The fraction of sp³-hybridized carbons (Fsp3) is 0.571. The van der Waals surface area contributed by atoms with E-state index in [9.17, 15) is 0 Å². The molecule has 17 heavy (non-hydrogen) atoms. The Balaban J connectivity index is 1.79. The molecule has 1 N–H and O–H groups in total. The molecule has 1 saturated carbocycles. The van der Waals surface area contributed by atoms with Gasteiger partial charge in [0.1, 0.15) is 0 Å². The third kappa shape index (κ3) is 4.09. The van der Waals surface area contributed by atoms with E-state index < -0.39 is 0 Å². The van der Waals surface area contributed by atoms with E-state index in [0.29, 0.717) is 5.41 Å². The molecule has 0 unspecified atom stereocenters. The van der Waals surface area contributed by atoms with Crippen LogP contribution >= 0.6 is 15.9 Å². The predicted molar refractivity (Wildman–Crippen MR) is 74.3 cm³/mol. The number of rotatable bonds is 7. The molecule has 0 heterocycles. The molecule has 0 amide bonds. The maximum Gasteiger partial charge on any atom is 0.0587 e. The Morgan fingerprint density at radius 1 is 1.29 bits per heavy atom. The molecular formula is C14H20BrNO. The maximum atomic E-state index is 5.04. The van der Waals surface area contributed by atoms with Crippen LogP contribution in [0.15, 0.2) is 28.7 Å². The van der Waals surface area contributed by atoms with Crippen molar-refractivity contribution in [1.29, 1.82) is 0 Å². The Morgan fingerprint density at radius 3 is 2.59 bits per heavy atom. The molecule has 0 atom stereocenters. The third-order valence-corrected chi connectivity index (χ3v) is 3.96. The number of methoxy groups -OCH3 is 1. The zero-order chi connectivity index (χ0) is 12.1. The van der Waals surface area contributed by atoms with Gasteiger partial charge in [0, 0.05) is 24.7 Å². The number of benzene rings is 1. The van der Waals surface area contributed by atoms with E-state index in [1.54, 1.807) is 7.11 Å². The Bertz CT molecular complexity index is 346. The number of ether oxygens (including phenoxy) is 1. The number of nitrogens with one attached hydrogen (secondary N) is 1. The van der Waals surface area contributed by atoms with Gasteiger partial charge in [-0.3, -0.25) is 0 Å². The van der Waals surface area contributed by atoms with Gasteiger partial charge in [-0.2, -0.15) is 0 Å². The molecule has 3 heteroatoms. The molecule has 0 saturated heterocycles. The van der Waals surface area contributed by atoms with Gasteiger partial charge >= 0.3 is 0 Å². The fourth-order valence-corrected chi connectivity index (χ4v) is 2.42. The first kappa shape index (κ1) is 13.1. The van der Waals surface area contributed by atoms with Crippen LogP contribution in [0.25, 0.3) is 0 Å². The van der Waals surface area contributed by atoms with Crippen molar-refractivity contribution in [2.45, 2.75) is 19.3 Å². The van der Waals surface area contributed by atoms with E-state index in [0.717, 1.165) is 24.2 Å². The van der Waals surface area contributed by atoms with Crippen LogP contribution in [0, 0.1) is 5.41 Å². The molecule has 2 nitrogen and oxygen atoms in total. The minimum Gasteiger partial charge on any atom is -0.383 e. The lowest BCUT2D eigenvalue weighted by molar-refractivity contribution is 0.197. The van der Waals surface area contributed by atoms with Crippen LogP contribution in [-0.2, 0) is 11.2 Å². The molecule has 0 bridgehead atoms. The molecule has 1 aromatic carbocycles. The summed E-state index contributed by atoms with van der Waals surface area (Å²) in [5.41, 5.74) is 1.96. The van der Waals surface area contributed by atoms with Gasteiger partial charge in [0.25, 0.3) is 0 Å². The summed E-state index contributed by atoms with van der Waals surface area (Å²) in [6.45, 7) is 2.87. The summed E-state index contributed by atoms with van der Waals surface area (Å²) in [7, 11) is 1.75. The van der Waals surface area contributed by atoms with Gasteiger partial charge in [0.15, 0.2) is 0 Å². The van der Waals surface area contributed by atoms with Crippen LogP contribution in [0.2, 0.25) is 0 Å². The lowest BCUT2D eigenvalue weighted by atomic mass is 9.96. The second-order valence-corrected chi connectivity index (χ2v) is 5.89. The van der Waals surface area contributed by atoms with E-state index in [2.05, 4.69) is 45.5 Å². The first-order valence-corrected chi connectivity index (χ1v) is 6.98. The van der Waals surface area contributed by atoms with Crippen molar-refractivity contribution < 1.29 is 4.74 Å². The van der Waals surface area contributed by atoms with E-state index in [4.69, 9.17) is 4.74 Å². The van der Waals surface area contributed by atoms with Crippen molar-refractivity contribution in [3.8, 4) is 0 Å². The summed E-state index contributed by atoms with van der Waals surface area (Å²) in [6, 6.07) is 8.70. The van der Waals surface area contributed by atoms with Gasteiger partial charge in [0.05, 0.1) is 6.61 Å². The molecule has 0 radical (unpaired) electrons. The highest BCUT2D eigenvalue weighted by Crippen LogP contribution is 2.47. The summed E-state index contributed by atoms with van der Waals surface area (Å²) in [6.07, 6.45) is 3.90. The molecule has 0 aliphatic heterocycles. The molecule has 2 rings (SSSR count). The normalized spacial score (nSPS) is 17.1. The zero-order valence-corrected chi connectivity index (χ0v) is 11.9. The summed E-state index contributed by atoms with van der Waals surface area (Å²) >= 11 is 3.47. The van der Waals surface area contributed by atoms with Gasteiger partial charge in [-0.25, -0.2) is 0 Å².